The Morgan fingerprint density at radius 1 is 1.28 bits per heavy atom. The Bertz CT molecular complexity index is 513. The Hall–Kier alpha value is -1.26. The number of aryl methyl sites for hydroxylation is 3. The summed E-state index contributed by atoms with van der Waals surface area (Å²) in [5, 5.41) is 1.01. The Labute approximate surface area is 112 Å². The van der Waals surface area contributed by atoms with Gasteiger partial charge in [0.15, 0.2) is 5.16 Å². The number of aromatic nitrogens is 2. The van der Waals surface area contributed by atoms with E-state index in [1.807, 2.05) is 24.0 Å². The third kappa shape index (κ3) is 3.15. The average molecular weight is 261 g/mol. The van der Waals surface area contributed by atoms with Crippen LogP contribution < -0.4 is 5.73 Å². The molecule has 0 amide bonds. The Morgan fingerprint density at radius 2 is 1.94 bits per heavy atom. The molecular weight excluding hydrogens is 242 g/mol. The third-order valence-electron chi connectivity index (χ3n) is 2.84. The van der Waals surface area contributed by atoms with Crippen LogP contribution in [0.3, 0.4) is 0 Å². The molecule has 0 radical (unpaired) electrons. The highest BCUT2D eigenvalue weighted by Crippen LogP contribution is 2.23. The van der Waals surface area contributed by atoms with E-state index in [0.717, 1.165) is 10.9 Å². The zero-order valence-corrected chi connectivity index (χ0v) is 11.9. The monoisotopic (exact) mass is 261 g/mol. The number of hydrogen-bond donors (Lipinski definition) is 1. The lowest BCUT2D eigenvalue weighted by atomic mass is 10.0. The van der Waals surface area contributed by atoms with E-state index in [-0.39, 0.29) is 6.04 Å². The Morgan fingerprint density at radius 3 is 2.50 bits per heavy atom. The second-order valence-corrected chi connectivity index (χ2v) is 5.65. The van der Waals surface area contributed by atoms with Gasteiger partial charge in [0.05, 0.1) is 0 Å². The second kappa shape index (κ2) is 5.59. The fourth-order valence-electron chi connectivity index (χ4n) is 1.98. The van der Waals surface area contributed by atoms with Crippen LogP contribution in [0.4, 0.5) is 0 Å². The SMILES string of the molecule is Cc1cc(C)cc(C(N)CSc2nccn2C)c1. The van der Waals surface area contributed by atoms with E-state index in [2.05, 4.69) is 37.0 Å². The second-order valence-electron chi connectivity index (χ2n) is 4.66. The average Bonchev–Trinajstić information content (AvgIpc) is 2.70. The summed E-state index contributed by atoms with van der Waals surface area (Å²) in [6, 6.07) is 6.54. The molecular formula is C14H19N3S. The number of nitrogens with zero attached hydrogens (tertiary/aromatic N) is 2. The molecule has 0 aliphatic carbocycles. The quantitative estimate of drug-likeness (QED) is 0.861. The van der Waals surface area contributed by atoms with Gasteiger partial charge in [-0.25, -0.2) is 4.98 Å². The number of rotatable bonds is 4. The van der Waals surface area contributed by atoms with E-state index < -0.39 is 0 Å². The van der Waals surface area contributed by atoms with Crippen LogP contribution in [0, 0.1) is 13.8 Å². The van der Waals surface area contributed by atoms with Crippen molar-refractivity contribution in [2.45, 2.75) is 25.0 Å². The highest BCUT2D eigenvalue weighted by atomic mass is 32.2. The molecule has 4 heteroatoms. The maximum absolute atomic E-state index is 6.24. The molecule has 0 bridgehead atoms. The summed E-state index contributed by atoms with van der Waals surface area (Å²) >= 11 is 1.70. The lowest BCUT2D eigenvalue weighted by Crippen LogP contribution is -2.13. The number of thioether (sulfide) groups is 1. The fraction of sp³-hybridized carbons (Fsp3) is 0.357. The number of hydrogen-bond acceptors (Lipinski definition) is 3. The van der Waals surface area contributed by atoms with Crippen molar-refractivity contribution in [3.63, 3.8) is 0 Å². The summed E-state index contributed by atoms with van der Waals surface area (Å²) in [4.78, 5) is 4.29. The van der Waals surface area contributed by atoms with Gasteiger partial charge in [-0.05, 0) is 19.4 Å². The van der Waals surface area contributed by atoms with E-state index in [9.17, 15) is 0 Å². The standard InChI is InChI=1S/C14H19N3S/c1-10-6-11(2)8-12(7-10)13(15)9-18-14-16-4-5-17(14)3/h4-8,13H,9,15H2,1-3H3. The van der Waals surface area contributed by atoms with Crippen LogP contribution >= 0.6 is 11.8 Å². The molecule has 0 spiro atoms. The molecule has 1 atom stereocenters. The molecule has 0 saturated carbocycles. The molecule has 0 fully saturated rings. The van der Waals surface area contributed by atoms with E-state index >= 15 is 0 Å². The van der Waals surface area contributed by atoms with Crippen LogP contribution in [0.2, 0.25) is 0 Å². The Balaban J connectivity index is 2.03. The molecule has 0 aliphatic heterocycles. The van der Waals surface area contributed by atoms with Crippen molar-refractivity contribution in [1.29, 1.82) is 0 Å². The molecule has 2 N–H and O–H groups in total. The van der Waals surface area contributed by atoms with E-state index in [0.29, 0.717) is 0 Å². The molecule has 1 unspecified atom stereocenters. The van der Waals surface area contributed by atoms with Gasteiger partial charge in [0.1, 0.15) is 0 Å². The first-order valence-electron chi connectivity index (χ1n) is 6.00. The van der Waals surface area contributed by atoms with Crippen LogP contribution in [0.1, 0.15) is 22.7 Å². The minimum atomic E-state index is 0.0466. The van der Waals surface area contributed by atoms with E-state index in [1.165, 1.54) is 16.7 Å². The number of nitrogens with two attached hydrogens (primary N) is 1. The first-order valence-corrected chi connectivity index (χ1v) is 6.98. The van der Waals surface area contributed by atoms with Gasteiger partial charge in [-0.2, -0.15) is 0 Å². The van der Waals surface area contributed by atoms with Crippen LogP contribution in [0.25, 0.3) is 0 Å². The third-order valence-corrected chi connectivity index (χ3v) is 4.02. The molecule has 0 aliphatic rings. The molecule has 96 valence electrons. The van der Waals surface area contributed by atoms with Crippen molar-refractivity contribution in [2.24, 2.45) is 12.8 Å². The molecule has 18 heavy (non-hydrogen) atoms. The van der Waals surface area contributed by atoms with Crippen LogP contribution in [-0.2, 0) is 7.05 Å². The summed E-state index contributed by atoms with van der Waals surface area (Å²) < 4.78 is 2.01. The molecule has 0 saturated heterocycles. The lowest BCUT2D eigenvalue weighted by Gasteiger charge is -2.13. The lowest BCUT2D eigenvalue weighted by molar-refractivity contribution is 0.779. The highest BCUT2D eigenvalue weighted by Gasteiger charge is 2.09. The van der Waals surface area contributed by atoms with Crippen molar-refractivity contribution in [3.05, 3.63) is 47.3 Å². The smallest absolute Gasteiger partial charge is 0.167 e. The maximum Gasteiger partial charge on any atom is 0.167 e. The largest absolute Gasteiger partial charge is 0.329 e. The van der Waals surface area contributed by atoms with Crippen molar-refractivity contribution in [1.82, 2.24) is 9.55 Å². The van der Waals surface area contributed by atoms with Gasteiger partial charge in [0, 0.05) is 31.2 Å². The summed E-state index contributed by atoms with van der Waals surface area (Å²) in [6.07, 6.45) is 3.76. The van der Waals surface area contributed by atoms with Crippen molar-refractivity contribution >= 4 is 11.8 Å². The topological polar surface area (TPSA) is 43.8 Å². The van der Waals surface area contributed by atoms with Crippen molar-refractivity contribution < 1.29 is 0 Å². The van der Waals surface area contributed by atoms with Gasteiger partial charge in [0.2, 0.25) is 0 Å². The van der Waals surface area contributed by atoms with E-state index in [4.69, 9.17) is 5.73 Å². The molecule has 1 heterocycles. The van der Waals surface area contributed by atoms with Crippen molar-refractivity contribution in [3.8, 4) is 0 Å². The van der Waals surface area contributed by atoms with Crippen LogP contribution in [-0.4, -0.2) is 15.3 Å². The first kappa shape index (κ1) is 13.2. The summed E-state index contributed by atoms with van der Waals surface area (Å²) in [5.74, 6) is 0.841. The van der Waals surface area contributed by atoms with Gasteiger partial charge < -0.3 is 10.3 Å². The molecule has 1 aromatic heterocycles. The van der Waals surface area contributed by atoms with Gasteiger partial charge >= 0.3 is 0 Å². The summed E-state index contributed by atoms with van der Waals surface area (Å²) in [5.41, 5.74) is 9.98. The van der Waals surface area contributed by atoms with E-state index in [1.54, 1.807) is 11.8 Å². The van der Waals surface area contributed by atoms with Crippen LogP contribution in [0.15, 0.2) is 35.7 Å². The Kier molecular flexibility index (Phi) is 4.09. The summed E-state index contributed by atoms with van der Waals surface area (Å²) in [6.45, 7) is 4.21. The number of benzene rings is 1. The molecule has 2 aromatic rings. The predicted molar refractivity (Wildman–Crippen MR) is 76.8 cm³/mol. The molecule has 3 nitrogen and oxygen atoms in total. The zero-order valence-electron chi connectivity index (χ0n) is 11.1. The first-order chi connectivity index (χ1) is 8.56. The van der Waals surface area contributed by atoms with Gasteiger partial charge in [0.25, 0.3) is 0 Å². The predicted octanol–water partition coefficient (Wildman–Crippen LogP) is 2.83. The minimum Gasteiger partial charge on any atom is -0.329 e. The fourth-order valence-corrected chi connectivity index (χ4v) is 2.90. The highest BCUT2D eigenvalue weighted by molar-refractivity contribution is 7.99. The maximum atomic E-state index is 6.24. The zero-order chi connectivity index (χ0) is 13.1. The van der Waals surface area contributed by atoms with Gasteiger partial charge in [-0.15, -0.1) is 0 Å². The van der Waals surface area contributed by atoms with Crippen molar-refractivity contribution in [2.75, 3.05) is 5.75 Å². The summed E-state index contributed by atoms with van der Waals surface area (Å²) in [7, 11) is 2.00. The van der Waals surface area contributed by atoms with Gasteiger partial charge in [-0.1, -0.05) is 41.1 Å². The minimum absolute atomic E-state index is 0.0466. The molecule has 1 aromatic carbocycles. The normalized spacial score (nSPS) is 12.7. The van der Waals surface area contributed by atoms with Gasteiger partial charge in [-0.3, -0.25) is 0 Å². The molecule has 2 rings (SSSR count). The number of imidazole rings is 1. The van der Waals surface area contributed by atoms with Crippen LogP contribution in [0.5, 0.6) is 0 Å².